The summed E-state index contributed by atoms with van der Waals surface area (Å²) in [4.78, 5) is 8.47. The Bertz CT molecular complexity index is 707. The maximum absolute atomic E-state index is 5.58. The van der Waals surface area contributed by atoms with Crippen molar-refractivity contribution >= 4 is 34.0 Å². The minimum atomic E-state index is 0.793. The molecule has 0 radical (unpaired) electrons. The number of nitrogens with two attached hydrogens (primary N) is 2. The number of hydrogen-bond acceptors (Lipinski definition) is 5. The van der Waals surface area contributed by atoms with Crippen molar-refractivity contribution in [2.75, 3.05) is 13.1 Å². The van der Waals surface area contributed by atoms with E-state index >= 15 is 0 Å². The van der Waals surface area contributed by atoms with E-state index in [2.05, 4.69) is 36.4 Å². The van der Waals surface area contributed by atoms with E-state index in [0.717, 1.165) is 38.8 Å². The van der Waals surface area contributed by atoms with E-state index in [-0.39, 0.29) is 0 Å². The summed E-state index contributed by atoms with van der Waals surface area (Å²) < 4.78 is 0. The molecule has 25 heavy (non-hydrogen) atoms. The van der Waals surface area contributed by atoms with Gasteiger partial charge in [-0.05, 0) is 88.0 Å². The molecule has 0 spiro atoms. The highest BCUT2D eigenvalue weighted by molar-refractivity contribution is 7.26. The molecule has 0 fully saturated rings. The highest BCUT2D eigenvalue weighted by Crippen LogP contribution is 2.40. The first-order valence-corrected chi connectivity index (χ1v) is 11.4. The molecule has 0 aliphatic carbocycles. The highest BCUT2D eigenvalue weighted by Gasteiger charge is 2.09. The lowest BCUT2D eigenvalue weighted by Gasteiger charge is -1.95. The van der Waals surface area contributed by atoms with Gasteiger partial charge in [-0.3, -0.25) is 0 Å². The van der Waals surface area contributed by atoms with Gasteiger partial charge in [0, 0.05) is 29.3 Å². The van der Waals surface area contributed by atoms with Crippen molar-refractivity contribution in [3.63, 3.8) is 0 Å². The standard InChI is InChI=1S/C20H26N2S3/c21-13-3-1-5-15-7-9-17(23-15)19-11-12-20(25-19)18-10-8-16(24-18)6-2-4-14-22/h7-12H,1-6,13-14,21-22H2. The average Bonchev–Trinajstić information content (AvgIpc) is 3.35. The molecule has 0 aromatic carbocycles. The fraction of sp³-hybridized carbons (Fsp3) is 0.400. The van der Waals surface area contributed by atoms with Gasteiger partial charge in [-0.15, -0.1) is 34.0 Å². The zero-order chi connectivity index (χ0) is 17.5. The van der Waals surface area contributed by atoms with Gasteiger partial charge in [-0.25, -0.2) is 0 Å². The van der Waals surface area contributed by atoms with Gasteiger partial charge in [0.2, 0.25) is 0 Å². The van der Waals surface area contributed by atoms with Crippen LogP contribution in [-0.2, 0) is 12.8 Å². The van der Waals surface area contributed by atoms with Gasteiger partial charge < -0.3 is 11.5 Å². The maximum Gasteiger partial charge on any atom is 0.0449 e. The third-order valence-corrected chi connectivity index (χ3v) is 7.94. The van der Waals surface area contributed by atoms with Gasteiger partial charge in [0.05, 0.1) is 0 Å². The molecule has 134 valence electrons. The Morgan fingerprint density at radius 3 is 1.36 bits per heavy atom. The molecular formula is C20H26N2S3. The van der Waals surface area contributed by atoms with Crippen molar-refractivity contribution in [1.29, 1.82) is 0 Å². The Kier molecular flexibility index (Phi) is 7.25. The van der Waals surface area contributed by atoms with E-state index in [0.29, 0.717) is 0 Å². The van der Waals surface area contributed by atoms with Crippen LogP contribution in [0.15, 0.2) is 36.4 Å². The Hall–Kier alpha value is -0.980. The van der Waals surface area contributed by atoms with Crippen LogP contribution in [0.25, 0.3) is 19.5 Å². The van der Waals surface area contributed by atoms with Gasteiger partial charge in [0.1, 0.15) is 0 Å². The topological polar surface area (TPSA) is 52.0 Å². The van der Waals surface area contributed by atoms with Crippen LogP contribution in [0.3, 0.4) is 0 Å². The molecule has 0 saturated carbocycles. The van der Waals surface area contributed by atoms with Crippen LogP contribution in [0.5, 0.6) is 0 Å². The van der Waals surface area contributed by atoms with Crippen LogP contribution < -0.4 is 11.5 Å². The lowest BCUT2D eigenvalue weighted by Crippen LogP contribution is -1.98. The molecule has 0 aliphatic rings. The first-order chi connectivity index (χ1) is 12.3. The second-order valence-corrected chi connectivity index (χ2v) is 9.61. The highest BCUT2D eigenvalue weighted by atomic mass is 32.1. The number of thiophene rings is 3. The molecule has 0 atom stereocenters. The molecule has 2 nitrogen and oxygen atoms in total. The number of aryl methyl sites for hydroxylation is 2. The quantitative estimate of drug-likeness (QED) is 0.432. The van der Waals surface area contributed by atoms with E-state index < -0.39 is 0 Å². The van der Waals surface area contributed by atoms with Crippen molar-refractivity contribution in [3.8, 4) is 19.5 Å². The molecule has 3 aromatic rings. The molecule has 0 saturated heterocycles. The van der Waals surface area contributed by atoms with Crippen molar-refractivity contribution in [2.45, 2.75) is 38.5 Å². The molecule has 5 heteroatoms. The van der Waals surface area contributed by atoms with Crippen LogP contribution in [0.4, 0.5) is 0 Å². The van der Waals surface area contributed by atoms with Gasteiger partial charge in [0.25, 0.3) is 0 Å². The molecule has 4 N–H and O–H groups in total. The molecule has 0 amide bonds. The zero-order valence-electron chi connectivity index (χ0n) is 14.5. The summed E-state index contributed by atoms with van der Waals surface area (Å²) in [5, 5.41) is 0. The molecular weight excluding hydrogens is 364 g/mol. The fourth-order valence-corrected chi connectivity index (χ4v) is 6.06. The third kappa shape index (κ3) is 5.25. The predicted octanol–water partition coefficient (Wildman–Crippen LogP) is 5.77. The van der Waals surface area contributed by atoms with E-state index in [1.807, 2.05) is 34.0 Å². The Labute approximate surface area is 162 Å². The molecule has 0 unspecified atom stereocenters. The molecule has 3 aromatic heterocycles. The van der Waals surface area contributed by atoms with Gasteiger partial charge in [-0.2, -0.15) is 0 Å². The smallest absolute Gasteiger partial charge is 0.0449 e. The van der Waals surface area contributed by atoms with Crippen LogP contribution >= 0.6 is 34.0 Å². The molecule has 3 rings (SSSR count). The summed E-state index contributed by atoms with van der Waals surface area (Å²) >= 11 is 5.75. The van der Waals surface area contributed by atoms with E-state index in [1.165, 1.54) is 42.1 Å². The average molecular weight is 391 g/mol. The first kappa shape index (κ1) is 18.8. The minimum absolute atomic E-state index is 0.793. The summed E-state index contributed by atoms with van der Waals surface area (Å²) in [6, 6.07) is 13.6. The molecule has 3 heterocycles. The lowest BCUT2D eigenvalue weighted by molar-refractivity contribution is 0.751. The summed E-state index contributed by atoms with van der Waals surface area (Å²) in [5.41, 5.74) is 11.2. The normalized spacial score (nSPS) is 11.3. The number of hydrogen-bond donors (Lipinski definition) is 2. The van der Waals surface area contributed by atoms with E-state index in [4.69, 9.17) is 11.5 Å². The van der Waals surface area contributed by atoms with E-state index in [1.54, 1.807) is 0 Å². The van der Waals surface area contributed by atoms with Gasteiger partial charge in [-0.1, -0.05) is 0 Å². The van der Waals surface area contributed by atoms with Crippen LogP contribution in [-0.4, -0.2) is 13.1 Å². The zero-order valence-corrected chi connectivity index (χ0v) is 16.9. The molecule has 0 bridgehead atoms. The Balaban J connectivity index is 1.64. The first-order valence-electron chi connectivity index (χ1n) is 8.98. The number of unbranched alkanes of at least 4 members (excludes halogenated alkanes) is 2. The van der Waals surface area contributed by atoms with Crippen molar-refractivity contribution in [1.82, 2.24) is 0 Å². The SMILES string of the molecule is NCCCCc1ccc(-c2ccc(-c3ccc(CCCCN)s3)s2)s1. The summed E-state index contributed by atoms with van der Waals surface area (Å²) in [5.74, 6) is 0. The van der Waals surface area contributed by atoms with Gasteiger partial charge in [0.15, 0.2) is 0 Å². The van der Waals surface area contributed by atoms with Crippen LogP contribution in [0, 0.1) is 0 Å². The molecule has 0 aliphatic heterocycles. The van der Waals surface area contributed by atoms with Crippen LogP contribution in [0.1, 0.15) is 35.4 Å². The number of rotatable bonds is 10. The Morgan fingerprint density at radius 1 is 0.520 bits per heavy atom. The van der Waals surface area contributed by atoms with Crippen LogP contribution in [0.2, 0.25) is 0 Å². The second kappa shape index (κ2) is 9.64. The third-order valence-electron chi connectivity index (χ3n) is 4.17. The summed E-state index contributed by atoms with van der Waals surface area (Å²) in [7, 11) is 0. The second-order valence-electron chi connectivity index (χ2n) is 6.19. The largest absolute Gasteiger partial charge is 0.330 e. The minimum Gasteiger partial charge on any atom is -0.330 e. The maximum atomic E-state index is 5.58. The monoisotopic (exact) mass is 390 g/mol. The van der Waals surface area contributed by atoms with Gasteiger partial charge >= 0.3 is 0 Å². The Morgan fingerprint density at radius 2 is 0.920 bits per heavy atom. The lowest BCUT2D eigenvalue weighted by atomic mass is 10.2. The summed E-state index contributed by atoms with van der Waals surface area (Å²) in [6.07, 6.45) is 6.90. The predicted molar refractivity (Wildman–Crippen MR) is 115 cm³/mol. The fourth-order valence-electron chi connectivity index (χ4n) is 2.78. The van der Waals surface area contributed by atoms with Crippen molar-refractivity contribution < 1.29 is 0 Å². The summed E-state index contributed by atoms with van der Waals surface area (Å²) in [6.45, 7) is 1.59. The van der Waals surface area contributed by atoms with Crippen molar-refractivity contribution in [3.05, 3.63) is 46.2 Å². The van der Waals surface area contributed by atoms with E-state index in [9.17, 15) is 0 Å². The van der Waals surface area contributed by atoms with Crippen molar-refractivity contribution in [2.24, 2.45) is 11.5 Å².